The van der Waals surface area contributed by atoms with E-state index in [1.807, 2.05) is 0 Å². The summed E-state index contributed by atoms with van der Waals surface area (Å²) < 4.78 is 2.75. The molecule has 396 valence electrons. The fraction of sp³-hybridized carbons (Fsp3) is 0.397. The van der Waals surface area contributed by atoms with Crippen LogP contribution in [0.3, 0.4) is 0 Å². The summed E-state index contributed by atoms with van der Waals surface area (Å²) in [5.74, 6) is 0. The van der Waals surface area contributed by atoms with E-state index in [0.29, 0.717) is 0 Å². The van der Waals surface area contributed by atoms with Crippen LogP contribution in [0.25, 0.3) is 27.8 Å². The minimum atomic E-state index is -0.217. The summed E-state index contributed by atoms with van der Waals surface area (Å²) >= 11 is 0. The van der Waals surface area contributed by atoms with Gasteiger partial charge in [0, 0.05) is 56.0 Å². The lowest BCUT2D eigenvalue weighted by Gasteiger charge is -2.43. The van der Waals surface area contributed by atoms with Gasteiger partial charge in [0.05, 0.1) is 11.4 Å². The molecule has 0 spiro atoms. The average Bonchev–Trinajstić information content (AvgIpc) is 4.01. The van der Waals surface area contributed by atoms with Gasteiger partial charge in [0.1, 0.15) is 0 Å². The standard InChI is InChI=1S/C73H86BN3/c1-20-22-37-72(16,17)57-38-45(3)60(39-46(57)21-2)76-61-42-49(70(10,11)12)31-36-58(61)74-59-41-50(71(13,14)15)40-55-64-67(54-25-23-24-26-56(54)73(64,18)19)77(66(55)59)63-44-53(43-62(76)65(63)74)75(51-32-27-47(28-33-51)68(4,5)6)52-34-29-48(30-35-52)69(7,8)9/h23-36,38-44H,20-22,37H2,1-19H3. The Balaban J connectivity index is 1.32. The molecule has 7 aromatic carbocycles. The summed E-state index contributed by atoms with van der Waals surface area (Å²) in [7, 11) is 0. The van der Waals surface area contributed by atoms with Gasteiger partial charge in [-0.3, -0.25) is 0 Å². The fourth-order valence-electron chi connectivity index (χ4n) is 13.6. The van der Waals surface area contributed by atoms with Gasteiger partial charge in [-0.2, -0.15) is 0 Å². The van der Waals surface area contributed by atoms with E-state index in [1.165, 1.54) is 131 Å². The van der Waals surface area contributed by atoms with Crippen LogP contribution in [0.4, 0.5) is 34.1 Å². The highest BCUT2D eigenvalue weighted by molar-refractivity contribution is 7.00. The molecule has 11 rings (SSSR count). The molecule has 0 saturated heterocycles. The number of fused-ring (bicyclic) bond motifs is 9. The van der Waals surface area contributed by atoms with Crippen LogP contribution in [0, 0.1) is 6.92 Å². The number of benzene rings is 7. The smallest absolute Gasteiger partial charge is 0.252 e. The van der Waals surface area contributed by atoms with Gasteiger partial charge in [-0.15, -0.1) is 0 Å². The molecule has 0 bridgehead atoms. The van der Waals surface area contributed by atoms with Gasteiger partial charge in [-0.25, -0.2) is 0 Å². The summed E-state index contributed by atoms with van der Waals surface area (Å²) in [5, 5.41) is 1.38. The molecule has 3 nitrogen and oxygen atoms in total. The summed E-state index contributed by atoms with van der Waals surface area (Å²) in [4.78, 5) is 5.27. The monoisotopic (exact) mass is 1020 g/mol. The Bertz CT molecular complexity index is 3590. The van der Waals surface area contributed by atoms with Gasteiger partial charge < -0.3 is 14.4 Å². The number of aromatic nitrogens is 1. The fourth-order valence-corrected chi connectivity index (χ4v) is 13.6. The average molecular weight is 1020 g/mol. The normalized spacial score (nSPS) is 14.7. The Morgan fingerprint density at radius 2 is 1.10 bits per heavy atom. The zero-order chi connectivity index (χ0) is 55.3. The lowest BCUT2D eigenvalue weighted by molar-refractivity contribution is 0.454. The van der Waals surface area contributed by atoms with Gasteiger partial charge in [0.25, 0.3) is 6.71 Å². The number of aryl methyl sites for hydroxylation is 2. The van der Waals surface area contributed by atoms with Crippen molar-refractivity contribution in [1.29, 1.82) is 0 Å². The van der Waals surface area contributed by atoms with E-state index in [0.717, 1.165) is 23.5 Å². The van der Waals surface area contributed by atoms with Gasteiger partial charge >= 0.3 is 0 Å². The molecule has 0 fully saturated rings. The number of nitrogens with zero attached hydrogens (tertiary/aromatic N) is 3. The minimum absolute atomic E-state index is 0.0104. The summed E-state index contributed by atoms with van der Waals surface area (Å²) in [6, 6.07) is 51.2. The molecule has 3 aliphatic rings. The molecule has 1 aliphatic carbocycles. The van der Waals surface area contributed by atoms with Crippen molar-refractivity contribution < 1.29 is 0 Å². The van der Waals surface area contributed by atoms with Crippen LogP contribution in [-0.2, 0) is 38.9 Å². The molecular weight excluding hydrogens is 930 g/mol. The SMILES string of the molecule is CCCCC(C)(C)c1cc(C)c(N2c3cc(C(C)(C)C)ccc3B3c4c2cc(N(c2ccc(C(C)(C)C)cc2)c2ccc(C(C)(C)C)cc2)cc4-n2c4c(c5cc(C(C)(C)C)cc3c52)C(C)(C)c2ccccc2-4)cc1CC. The second-order valence-corrected chi connectivity index (χ2v) is 28.7. The van der Waals surface area contributed by atoms with Crippen molar-refractivity contribution in [3.05, 3.63) is 177 Å². The van der Waals surface area contributed by atoms with Crippen LogP contribution in [0.2, 0.25) is 0 Å². The zero-order valence-electron chi connectivity index (χ0n) is 50.4. The highest BCUT2D eigenvalue weighted by Crippen LogP contribution is 2.56. The van der Waals surface area contributed by atoms with Crippen molar-refractivity contribution in [1.82, 2.24) is 4.57 Å². The van der Waals surface area contributed by atoms with Crippen molar-refractivity contribution in [2.45, 2.75) is 190 Å². The Labute approximate surface area is 464 Å². The zero-order valence-corrected chi connectivity index (χ0v) is 50.4. The van der Waals surface area contributed by atoms with Crippen LogP contribution in [0.15, 0.2) is 127 Å². The van der Waals surface area contributed by atoms with Crippen molar-refractivity contribution in [2.75, 3.05) is 9.80 Å². The molecule has 3 heterocycles. The van der Waals surface area contributed by atoms with E-state index in [-0.39, 0.29) is 39.2 Å². The van der Waals surface area contributed by atoms with Crippen LogP contribution in [-0.4, -0.2) is 11.3 Å². The van der Waals surface area contributed by atoms with Crippen molar-refractivity contribution in [3.8, 4) is 16.9 Å². The maximum Gasteiger partial charge on any atom is 0.252 e. The van der Waals surface area contributed by atoms with Gasteiger partial charge in [-0.1, -0.05) is 210 Å². The Hall–Kier alpha value is -6.26. The molecule has 8 aromatic rings. The second kappa shape index (κ2) is 17.9. The molecule has 0 amide bonds. The first-order chi connectivity index (χ1) is 36.1. The van der Waals surface area contributed by atoms with Crippen molar-refractivity contribution >= 4 is 68.1 Å². The minimum Gasteiger partial charge on any atom is -0.311 e. The van der Waals surface area contributed by atoms with Crippen LogP contribution in [0.5, 0.6) is 0 Å². The Morgan fingerprint density at radius 1 is 0.532 bits per heavy atom. The first kappa shape index (κ1) is 52.8. The van der Waals surface area contributed by atoms with E-state index in [1.54, 1.807) is 0 Å². The lowest BCUT2D eigenvalue weighted by Crippen LogP contribution is -2.60. The predicted molar refractivity (Wildman–Crippen MR) is 336 cm³/mol. The molecule has 0 saturated carbocycles. The highest BCUT2D eigenvalue weighted by Gasteiger charge is 2.48. The van der Waals surface area contributed by atoms with Gasteiger partial charge in [0.15, 0.2) is 0 Å². The van der Waals surface area contributed by atoms with E-state index in [2.05, 4.69) is 273 Å². The predicted octanol–water partition coefficient (Wildman–Crippen LogP) is 18.5. The molecule has 1 aromatic heterocycles. The summed E-state index contributed by atoms with van der Waals surface area (Å²) in [6.45, 7) is 45.2. The molecular formula is C73H86BN3. The largest absolute Gasteiger partial charge is 0.311 e. The summed E-state index contributed by atoms with van der Waals surface area (Å²) in [5.41, 5.74) is 28.9. The number of hydrogen-bond acceptors (Lipinski definition) is 2. The van der Waals surface area contributed by atoms with E-state index < -0.39 is 0 Å². The molecule has 0 radical (unpaired) electrons. The first-order valence-corrected chi connectivity index (χ1v) is 29.2. The molecule has 0 unspecified atom stereocenters. The van der Waals surface area contributed by atoms with Gasteiger partial charge in [0.2, 0.25) is 0 Å². The van der Waals surface area contributed by atoms with E-state index >= 15 is 0 Å². The highest BCUT2D eigenvalue weighted by atomic mass is 15.2. The molecule has 0 atom stereocenters. The van der Waals surface area contributed by atoms with Crippen LogP contribution >= 0.6 is 0 Å². The molecule has 0 N–H and O–H groups in total. The van der Waals surface area contributed by atoms with E-state index in [4.69, 9.17) is 0 Å². The number of hydrogen-bond donors (Lipinski definition) is 0. The maximum atomic E-state index is 2.75. The first-order valence-electron chi connectivity index (χ1n) is 29.2. The van der Waals surface area contributed by atoms with Crippen LogP contribution in [0.1, 0.15) is 194 Å². The maximum absolute atomic E-state index is 2.75. The Kier molecular flexibility index (Phi) is 12.3. The van der Waals surface area contributed by atoms with Gasteiger partial charge in [-0.05, 0) is 168 Å². The number of rotatable bonds is 9. The van der Waals surface area contributed by atoms with Crippen LogP contribution < -0.4 is 26.2 Å². The quantitative estimate of drug-likeness (QED) is 0.134. The summed E-state index contributed by atoms with van der Waals surface area (Å²) in [6.07, 6.45) is 4.56. The molecule has 77 heavy (non-hydrogen) atoms. The third kappa shape index (κ3) is 8.44. The number of anilines is 6. The van der Waals surface area contributed by atoms with Crippen molar-refractivity contribution in [3.63, 3.8) is 0 Å². The topological polar surface area (TPSA) is 11.4 Å². The molecule has 2 aliphatic heterocycles. The second-order valence-electron chi connectivity index (χ2n) is 28.7. The Morgan fingerprint density at radius 3 is 1.68 bits per heavy atom. The van der Waals surface area contributed by atoms with E-state index in [9.17, 15) is 0 Å². The third-order valence-electron chi connectivity index (χ3n) is 18.3. The van der Waals surface area contributed by atoms with Crippen molar-refractivity contribution in [2.24, 2.45) is 0 Å². The molecule has 4 heteroatoms. The third-order valence-corrected chi connectivity index (χ3v) is 18.3. The number of unbranched alkanes of at least 4 members (excludes halogenated alkanes) is 1. The lowest BCUT2D eigenvalue weighted by atomic mass is 9.33.